The van der Waals surface area contributed by atoms with Gasteiger partial charge in [-0.25, -0.2) is 0 Å². The summed E-state index contributed by atoms with van der Waals surface area (Å²) < 4.78 is 16.0. The average Bonchev–Trinajstić information content (AvgIpc) is 2.46. The molecule has 0 aromatic heterocycles. The summed E-state index contributed by atoms with van der Waals surface area (Å²) in [7, 11) is 0. The van der Waals surface area contributed by atoms with E-state index in [-0.39, 0.29) is 12.8 Å². The molecular weight excluding hydrogens is 288 g/mol. The molecule has 0 bridgehead atoms. The van der Waals surface area contributed by atoms with Gasteiger partial charge in [0.2, 0.25) is 0 Å². The smallest absolute Gasteiger partial charge is 0.163 e. The summed E-state index contributed by atoms with van der Waals surface area (Å²) in [4.78, 5) is 0. The summed E-state index contributed by atoms with van der Waals surface area (Å²) in [6, 6.07) is 0. The van der Waals surface area contributed by atoms with Crippen molar-refractivity contribution >= 4 is 0 Å². The van der Waals surface area contributed by atoms with E-state index in [1.165, 1.54) is 0 Å². The van der Waals surface area contributed by atoms with Gasteiger partial charge in [-0.05, 0) is 0 Å². The lowest BCUT2D eigenvalue weighted by atomic mass is 10.0. The molecule has 9 nitrogen and oxygen atoms in total. The van der Waals surface area contributed by atoms with Crippen molar-refractivity contribution in [2.24, 2.45) is 0 Å². The molecule has 9 heteroatoms. The summed E-state index contributed by atoms with van der Waals surface area (Å²) in [6.07, 6.45) is -8.54. The molecule has 8 unspecified atom stereocenters. The molecule has 0 radical (unpaired) electrons. The molecule has 0 saturated carbocycles. The predicted octanol–water partition coefficient (Wildman–Crippen LogP) is -3.34. The van der Waals surface area contributed by atoms with Crippen LogP contribution in [-0.2, 0) is 14.2 Å². The topological polar surface area (TPSA) is 149 Å². The zero-order valence-electron chi connectivity index (χ0n) is 11.4. The van der Waals surface area contributed by atoms with Gasteiger partial charge in [0.15, 0.2) is 12.6 Å². The molecule has 2 saturated heterocycles. The highest BCUT2D eigenvalue weighted by atomic mass is 16.8. The Balaban J connectivity index is 1.92. The van der Waals surface area contributed by atoms with E-state index in [4.69, 9.17) is 24.4 Å². The summed E-state index contributed by atoms with van der Waals surface area (Å²) >= 11 is 0. The Labute approximate surface area is 121 Å². The number of aliphatic hydroxyl groups excluding tert-OH is 6. The monoisotopic (exact) mass is 310 g/mol. The molecule has 2 heterocycles. The molecule has 0 amide bonds. The summed E-state index contributed by atoms with van der Waals surface area (Å²) in [6.45, 7) is -0.964. The summed E-state index contributed by atoms with van der Waals surface area (Å²) in [5.74, 6) is 0. The van der Waals surface area contributed by atoms with E-state index in [0.717, 1.165) is 0 Å². The van der Waals surface area contributed by atoms with Crippen molar-refractivity contribution in [3.05, 3.63) is 0 Å². The van der Waals surface area contributed by atoms with Crippen LogP contribution in [0.25, 0.3) is 0 Å². The van der Waals surface area contributed by atoms with Crippen LogP contribution in [0.4, 0.5) is 0 Å². The third kappa shape index (κ3) is 3.89. The van der Waals surface area contributed by atoms with E-state index in [9.17, 15) is 20.4 Å². The zero-order valence-corrected chi connectivity index (χ0v) is 11.4. The van der Waals surface area contributed by atoms with Gasteiger partial charge in [0, 0.05) is 12.8 Å². The largest absolute Gasteiger partial charge is 0.394 e. The van der Waals surface area contributed by atoms with Crippen molar-refractivity contribution in [3.8, 4) is 0 Å². The van der Waals surface area contributed by atoms with E-state index in [0.29, 0.717) is 0 Å². The van der Waals surface area contributed by atoms with Crippen molar-refractivity contribution in [2.45, 2.75) is 62.0 Å². The van der Waals surface area contributed by atoms with Crippen LogP contribution in [0.3, 0.4) is 0 Å². The zero-order chi connectivity index (χ0) is 15.6. The minimum absolute atomic E-state index is 0.0278. The third-order valence-electron chi connectivity index (χ3n) is 3.73. The van der Waals surface area contributed by atoms with Crippen molar-refractivity contribution in [1.82, 2.24) is 0 Å². The van der Waals surface area contributed by atoms with Crippen molar-refractivity contribution < 1.29 is 44.8 Å². The van der Waals surface area contributed by atoms with Gasteiger partial charge in [-0.2, -0.15) is 0 Å². The Hall–Kier alpha value is -0.360. The molecule has 0 aromatic rings. The van der Waals surface area contributed by atoms with Crippen LogP contribution < -0.4 is 0 Å². The van der Waals surface area contributed by atoms with Crippen LogP contribution >= 0.6 is 0 Å². The maximum absolute atomic E-state index is 9.68. The fourth-order valence-electron chi connectivity index (χ4n) is 2.48. The minimum atomic E-state index is -1.21. The van der Waals surface area contributed by atoms with Crippen molar-refractivity contribution in [3.63, 3.8) is 0 Å². The van der Waals surface area contributed by atoms with Crippen LogP contribution in [0.2, 0.25) is 0 Å². The van der Waals surface area contributed by atoms with Gasteiger partial charge in [-0.3, -0.25) is 0 Å². The number of ether oxygens (including phenoxy) is 3. The molecule has 124 valence electrons. The van der Waals surface area contributed by atoms with Crippen LogP contribution in [-0.4, -0.2) is 93.1 Å². The lowest BCUT2D eigenvalue weighted by molar-refractivity contribution is -0.333. The van der Waals surface area contributed by atoms with Gasteiger partial charge >= 0.3 is 0 Å². The van der Waals surface area contributed by atoms with Crippen molar-refractivity contribution in [1.29, 1.82) is 0 Å². The van der Waals surface area contributed by atoms with Crippen LogP contribution in [0.5, 0.6) is 0 Å². The molecule has 2 aliphatic heterocycles. The lowest BCUT2D eigenvalue weighted by Crippen LogP contribution is -2.54. The van der Waals surface area contributed by atoms with E-state index < -0.39 is 62.4 Å². The SMILES string of the molecule is OCC1OC(OC2CC(O)C(O)C(CO)O2)CC(O)C1O. The second-order valence-electron chi connectivity index (χ2n) is 5.30. The molecule has 2 rings (SSSR count). The highest BCUT2D eigenvalue weighted by Gasteiger charge is 2.41. The Bertz CT molecular complexity index is 298. The number of aliphatic hydroxyl groups is 6. The fourth-order valence-corrected chi connectivity index (χ4v) is 2.48. The van der Waals surface area contributed by atoms with Crippen molar-refractivity contribution in [2.75, 3.05) is 13.2 Å². The van der Waals surface area contributed by atoms with E-state index in [1.54, 1.807) is 0 Å². The molecule has 2 aliphatic rings. The Morgan fingerprint density at radius 3 is 1.48 bits per heavy atom. The van der Waals surface area contributed by atoms with Crippen LogP contribution in [0.1, 0.15) is 12.8 Å². The Morgan fingerprint density at radius 2 is 1.14 bits per heavy atom. The Kier molecular flexibility index (Phi) is 5.88. The first-order valence-electron chi connectivity index (χ1n) is 6.86. The molecule has 21 heavy (non-hydrogen) atoms. The van der Waals surface area contributed by atoms with Gasteiger partial charge in [0.05, 0.1) is 25.4 Å². The standard InChI is InChI=1S/C12H22O9/c13-3-7-11(17)5(15)1-9(19-7)21-10-2-6(16)12(18)8(4-14)20-10/h5-18H,1-4H2. The number of hydrogen-bond acceptors (Lipinski definition) is 9. The first-order chi connectivity index (χ1) is 9.96. The molecule has 6 N–H and O–H groups in total. The molecule has 0 aliphatic carbocycles. The lowest BCUT2D eigenvalue weighted by Gasteiger charge is -2.40. The maximum Gasteiger partial charge on any atom is 0.163 e. The fraction of sp³-hybridized carbons (Fsp3) is 1.00. The summed E-state index contributed by atoms with van der Waals surface area (Å²) in [5.41, 5.74) is 0. The van der Waals surface area contributed by atoms with E-state index in [2.05, 4.69) is 0 Å². The molecule has 0 spiro atoms. The van der Waals surface area contributed by atoms with E-state index in [1.807, 2.05) is 0 Å². The molecule has 8 atom stereocenters. The predicted molar refractivity (Wildman–Crippen MR) is 65.8 cm³/mol. The second kappa shape index (κ2) is 7.27. The van der Waals surface area contributed by atoms with Crippen LogP contribution in [0, 0.1) is 0 Å². The van der Waals surface area contributed by atoms with Crippen LogP contribution in [0.15, 0.2) is 0 Å². The van der Waals surface area contributed by atoms with Gasteiger partial charge in [-0.1, -0.05) is 0 Å². The number of hydrogen-bond donors (Lipinski definition) is 6. The second-order valence-corrected chi connectivity index (χ2v) is 5.30. The Morgan fingerprint density at radius 1 is 0.762 bits per heavy atom. The van der Waals surface area contributed by atoms with Gasteiger partial charge < -0.3 is 44.8 Å². The van der Waals surface area contributed by atoms with Gasteiger partial charge in [0.25, 0.3) is 0 Å². The first kappa shape index (κ1) is 17.0. The van der Waals surface area contributed by atoms with Gasteiger partial charge in [0.1, 0.15) is 24.4 Å². The molecule has 2 fully saturated rings. The number of rotatable bonds is 4. The molecule has 0 aromatic carbocycles. The minimum Gasteiger partial charge on any atom is -0.394 e. The maximum atomic E-state index is 9.68. The molecular formula is C12H22O9. The third-order valence-corrected chi connectivity index (χ3v) is 3.73. The van der Waals surface area contributed by atoms with Gasteiger partial charge in [-0.15, -0.1) is 0 Å². The first-order valence-corrected chi connectivity index (χ1v) is 6.86. The average molecular weight is 310 g/mol. The highest BCUT2D eigenvalue weighted by molar-refractivity contribution is 4.85. The normalized spacial score (nSPS) is 48.3. The van der Waals surface area contributed by atoms with E-state index >= 15 is 0 Å². The summed E-state index contributed by atoms with van der Waals surface area (Å²) in [5, 5.41) is 56.7. The highest BCUT2D eigenvalue weighted by Crippen LogP contribution is 2.27. The quantitative estimate of drug-likeness (QED) is 0.313.